The fraction of sp³-hybridized carbons (Fsp3) is 0.308. The Kier molecular flexibility index (Phi) is 6.48. The molecule has 2 aromatic rings. The summed E-state index contributed by atoms with van der Waals surface area (Å²) in [6.07, 6.45) is 8.70. The lowest BCUT2D eigenvalue weighted by Gasteiger charge is -2.19. The zero-order valence-electron chi connectivity index (χ0n) is 17.7. The molecule has 1 saturated carbocycles. The largest absolute Gasteiger partial charge is 0.273 e. The highest BCUT2D eigenvalue weighted by molar-refractivity contribution is 5.94. The number of amides is 1. The van der Waals surface area contributed by atoms with Crippen molar-refractivity contribution in [1.82, 2.24) is 5.43 Å². The van der Waals surface area contributed by atoms with Crippen LogP contribution in [0.15, 0.2) is 77.9 Å². The summed E-state index contributed by atoms with van der Waals surface area (Å²) < 4.78 is 0. The molecule has 29 heavy (non-hydrogen) atoms. The number of hydrogen-bond acceptors (Lipinski definition) is 2. The van der Waals surface area contributed by atoms with Crippen LogP contribution in [0.4, 0.5) is 0 Å². The first-order valence-corrected chi connectivity index (χ1v) is 10.2. The zero-order valence-corrected chi connectivity index (χ0v) is 17.7. The van der Waals surface area contributed by atoms with Gasteiger partial charge in [0, 0.05) is 5.92 Å². The molecule has 1 fully saturated rings. The van der Waals surface area contributed by atoms with Crippen LogP contribution >= 0.6 is 0 Å². The molecule has 1 N–H and O–H groups in total. The third-order valence-corrected chi connectivity index (χ3v) is 5.21. The summed E-state index contributed by atoms with van der Waals surface area (Å²) in [7, 11) is 0. The number of hydrazone groups is 1. The third-order valence-electron chi connectivity index (χ3n) is 5.21. The first-order valence-electron chi connectivity index (χ1n) is 10.2. The van der Waals surface area contributed by atoms with Gasteiger partial charge in [-0.1, -0.05) is 93.6 Å². The molecule has 0 unspecified atom stereocenters. The van der Waals surface area contributed by atoms with E-state index in [2.05, 4.69) is 55.6 Å². The smallest absolute Gasteiger partial charge is 0.243 e. The van der Waals surface area contributed by atoms with Crippen LogP contribution in [0.2, 0.25) is 0 Å². The molecule has 1 aliphatic rings. The number of rotatable bonds is 6. The minimum atomic E-state index is 0.00229. The Morgan fingerprint density at radius 3 is 2.38 bits per heavy atom. The highest BCUT2D eigenvalue weighted by Gasteiger charge is 2.44. The molecule has 0 spiro atoms. The van der Waals surface area contributed by atoms with Crippen molar-refractivity contribution >= 4 is 17.7 Å². The van der Waals surface area contributed by atoms with Crippen LogP contribution < -0.4 is 5.43 Å². The van der Waals surface area contributed by atoms with Gasteiger partial charge in [0.2, 0.25) is 5.91 Å². The molecule has 2 atom stereocenters. The lowest BCUT2D eigenvalue weighted by atomic mass is 9.86. The van der Waals surface area contributed by atoms with Crippen LogP contribution in [0.1, 0.15) is 56.7 Å². The topological polar surface area (TPSA) is 41.5 Å². The summed E-state index contributed by atoms with van der Waals surface area (Å²) in [6, 6.07) is 18.8. The van der Waals surface area contributed by atoms with Gasteiger partial charge in [-0.3, -0.25) is 4.79 Å². The average Bonchev–Trinajstić information content (AvgIpc) is 3.51. The minimum Gasteiger partial charge on any atom is -0.273 e. The van der Waals surface area contributed by atoms with E-state index in [4.69, 9.17) is 0 Å². The first kappa shape index (κ1) is 20.8. The molecule has 150 valence electrons. The zero-order chi connectivity index (χ0) is 20.9. The van der Waals surface area contributed by atoms with Crippen LogP contribution in [0.25, 0.3) is 6.08 Å². The Morgan fingerprint density at radius 1 is 1.03 bits per heavy atom. The van der Waals surface area contributed by atoms with Crippen molar-refractivity contribution < 1.29 is 4.79 Å². The van der Waals surface area contributed by atoms with Crippen molar-refractivity contribution in [3.63, 3.8) is 0 Å². The lowest BCUT2D eigenvalue weighted by Crippen LogP contribution is -2.21. The molecule has 3 heteroatoms. The lowest BCUT2D eigenvalue weighted by molar-refractivity contribution is -0.122. The summed E-state index contributed by atoms with van der Waals surface area (Å²) in [5.74, 6) is 0.334. The molecule has 1 amide bonds. The maximum atomic E-state index is 12.4. The number of benzene rings is 2. The molecule has 0 aliphatic heterocycles. The Morgan fingerprint density at radius 2 is 1.72 bits per heavy atom. The molecule has 2 aromatic carbocycles. The van der Waals surface area contributed by atoms with Crippen LogP contribution in [0.5, 0.6) is 0 Å². The van der Waals surface area contributed by atoms with E-state index >= 15 is 0 Å². The molecule has 3 nitrogen and oxygen atoms in total. The standard InChI is InChI=1S/C26H30N2O/c1-19(10-8-9-13-20-11-6-5-7-12-20)27-28-25(29)24-18-23(24)21-14-16-22(17-15-21)26(2,3)4/h5-17,23-24H,18H2,1-4H3,(H,28,29)/b10-8+,13-9+,27-19+/t23-,24+/m0/s1. The monoisotopic (exact) mass is 386 g/mol. The quantitative estimate of drug-likeness (QED) is 0.378. The summed E-state index contributed by atoms with van der Waals surface area (Å²) in [6.45, 7) is 8.51. The van der Waals surface area contributed by atoms with E-state index in [1.54, 1.807) is 0 Å². The number of carbonyl (C=O) groups is 1. The summed E-state index contributed by atoms with van der Waals surface area (Å²) in [5.41, 5.74) is 7.33. The second kappa shape index (κ2) is 9.04. The first-order chi connectivity index (χ1) is 13.8. The Hall–Kier alpha value is -2.94. The molecular formula is C26H30N2O. The van der Waals surface area contributed by atoms with Crippen molar-refractivity contribution in [2.75, 3.05) is 0 Å². The molecule has 0 aromatic heterocycles. The van der Waals surface area contributed by atoms with Gasteiger partial charge in [-0.2, -0.15) is 5.10 Å². The number of nitrogens with one attached hydrogen (secondary N) is 1. The van der Waals surface area contributed by atoms with Gasteiger partial charge in [0.25, 0.3) is 0 Å². The Bertz CT molecular complexity index is 915. The fourth-order valence-electron chi connectivity index (χ4n) is 3.27. The molecule has 1 aliphatic carbocycles. The third kappa shape index (κ3) is 6.02. The molecule has 0 bridgehead atoms. The fourth-order valence-corrected chi connectivity index (χ4v) is 3.27. The number of hydrogen-bond donors (Lipinski definition) is 1. The Labute approximate surface area is 174 Å². The maximum Gasteiger partial charge on any atom is 0.243 e. The second-order valence-electron chi connectivity index (χ2n) is 8.68. The molecule has 3 rings (SSSR count). The van der Waals surface area contributed by atoms with E-state index in [1.165, 1.54) is 11.1 Å². The number of nitrogens with zero attached hydrogens (tertiary/aromatic N) is 1. The minimum absolute atomic E-state index is 0.00229. The van der Waals surface area contributed by atoms with Gasteiger partial charge in [-0.25, -0.2) is 5.43 Å². The van der Waals surface area contributed by atoms with Crippen LogP contribution in [0, 0.1) is 5.92 Å². The highest BCUT2D eigenvalue weighted by atomic mass is 16.2. The van der Waals surface area contributed by atoms with E-state index in [-0.39, 0.29) is 17.2 Å². The summed E-state index contributed by atoms with van der Waals surface area (Å²) in [4.78, 5) is 12.4. The van der Waals surface area contributed by atoms with Gasteiger partial charge in [-0.05, 0) is 47.4 Å². The van der Waals surface area contributed by atoms with Gasteiger partial charge < -0.3 is 0 Å². The maximum absolute atomic E-state index is 12.4. The predicted octanol–water partition coefficient (Wildman–Crippen LogP) is 5.85. The SMILES string of the molecule is CC(/C=C/C=C/c1ccccc1)=N\NC(=O)[C@@H]1C[C@H]1c1ccc(C(C)(C)C)cc1. The van der Waals surface area contributed by atoms with Crippen LogP contribution in [-0.2, 0) is 10.2 Å². The molecule has 0 radical (unpaired) electrons. The van der Waals surface area contributed by atoms with Gasteiger partial charge in [-0.15, -0.1) is 0 Å². The summed E-state index contributed by atoms with van der Waals surface area (Å²) in [5, 5.41) is 4.20. The van der Waals surface area contributed by atoms with Crippen LogP contribution in [-0.4, -0.2) is 11.6 Å². The van der Waals surface area contributed by atoms with Crippen molar-refractivity contribution in [3.05, 3.63) is 89.5 Å². The normalized spacial score (nSPS) is 19.7. The number of allylic oxidation sites excluding steroid dienone is 3. The van der Waals surface area contributed by atoms with Gasteiger partial charge >= 0.3 is 0 Å². The number of carbonyl (C=O) groups excluding carboxylic acids is 1. The van der Waals surface area contributed by atoms with Gasteiger partial charge in [0.1, 0.15) is 0 Å². The van der Waals surface area contributed by atoms with Crippen molar-refractivity contribution in [1.29, 1.82) is 0 Å². The van der Waals surface area contributed by atoms with Crippen molar-refractivity contribution in [2.24, 2.45) is 11.0 Å². The molecular weight excluding hydrogens is 356 g/mol. The second-order valence-corrected chi connectivity index (χ2v) is 8.68. The van der Waals surface area contributed by atoms with E-state index in [9.17, 15) is 4.79 Å². The van der Waals surface area contributed by atoms with Gasteiger partial charge in [0.05, 0.1) is 5.71 Å². The average molecular weight is 387 g/mol. The van der Waals surface area contributed by atoms with Crippen molar-refractivity contribution in [3.8, 4) is 0 Å². The van der Waals surface area contributed by atoms with Crippen molar-refractivity contribution in [2.45, 2.75) is 45.4 Å². The van der Waals surface area contributed by atoms with Gasteiger partial charge in [0.15, 0.2) is 0 Å². The van der Waals surface area contributed by atoms with E-state index in [0.717, 1.165) is 17.7 Å². The Balaban J connectivity index is 1.48. The summed E-state index contributed by atoms with van der Waals surface area (Å²) >= 11 is 0. The molecule has 0 saturated heterocycles. The van der Waals surface area contributed by atoms with E-state index in [1.807, 2.05) is 61.6 Å². The predicted molar refractivity (Wildman–Crippen MR) is 122 cm³/mol. The van der Waals surface area contributed by atoms with E-state index in [0.29, 0.717) is 5.92 Å². The molecule has 0 heterocycles. The highest BCUT2D eigenvalue weighted by Crippen LogP contribution is 2.47. The van der Waals surface area contributed by atoms with E-state index < -0.39 is 0 Å². The van der Waals surface area contributed by atoms with Crippen LogP contribution in [0.3, 0.4) is 0 Å².